The zero-order valence-corrected chi connectivity index (χ0v) is 15.6. The monoisotopic (exact) mass is 360 g/mol. The maximum Gasteiger partial charge on any atom is 0.245 e. The van der Waals surface area contributed by atoms with Crippen LogP contribution in [0.3, 0.4) is 0 Å². The summed E-state index contributed by atoms with van der Waals surface area (Å²) >= 11 is 0. The minimum atomic E-state index is -0.249. The number of hydrogen-bond acceptors (Lipinski definition) is 3. The Morgan fingerprint density at radius 1 is 1.04 bits per heavy atom. The molecule has 1 aromatic heterocycles. The number of benzene rings is 2. The molecule has 1 aliphatic rings. The van der Waals surface area contributed by atoms with Crippen molar-refractivity contribution in [3.63, 3.8) is 0 Å². The molecular weight excluding hydrogens is 336 g/mol. The molecular formula is C22H24N4O. The molecule has 0 saturated carbocycles. The van der Waals surface area contributed by atoms with Gasteiger partial charge in [0.2, 0.25) is 5.91 Å². The Balaban J connectivity index is 1.66. The Morgan fingerprint density at radius 3 is 2.48 bits per heavy atom. The van der Waals surface area contributed by atoms with Crippen molar-refractivity contribution < 1.29 is 4.79 Å². The molecule has 1 atom stereocenters. The van der Waals surface area contributed by atoms with E-state index in [0.717, 1.165) is 48.5 Å². The topological polar surface area (TPSA) is 51.0 Å². The van der Waals surface area contributed by atoms with Gasteiger partial charge in [0.15, 0.2) is 5.82 Å². The summed E-state index contributed by atoms with van der Waals surface area (Å²) in [4.78, 5) is 15.2. The van der Waals surface area contributed by atoms with E-state index in [2.05, 4.69) is 26.9 Å². The zero-order valence-electron chi connectivity index (χ0n) is 15.6. The molecule has 0 aliphatic carbocycles. The van der Waals surface area contributed by atoms with Gasteiger partial charge in [-0.2, -0.15) is 0 Å². The molecule has 2 aromatic carbocycles. The van der Waals surface area contributed by atoms with Crippen LogP contribution in [0.5, 0.6) is 0 Å². The van der Waals surface area contributed by atoms with E-state index in [1.54, 1.807) is 0 Å². The fraction of sp³-hybridized carbons (Fsp3) is 0.318. The summed E-state index contributed by atoms with van der Waals surface area (Å²) in [6.07, 6.45) is 3.75. The summed E-state index contributed by atoms with van der Waals surface area (Å²) in [6, 6.07) is 19.9. The number of aryl methyl sites for hydroxylation is 1. The third-order valence-electron chi connectivity index (χ3n) is 5.16. The number of rotatable bonds is 4. The molecule has 1 amide bonds. The fourth-order valence-corrected chi connectivity index (χ4v) is 3.78. The predicted molar refractivity (Wildman–Crippen MR) is 105 cm³/mol. The third-order valence-corrected chi connectivity index (χ3v) is 5.16. The predicted octanol–water partition coefficient (Wildman–Crippen LogP) is 3.87. The Labute approximate surface area is 159 Å². The lowest BCUT2D eigenvalue weighted by atomic mass is 10.1. The minimum Gasteiger partial charge on any atom is -0.340 e. The minimum absolute atomic E-state index is 0.124. The van der Waals surface area contributed by atoms with Gasteiger partial charge in [-0.1, -0.05) is 67.1 Å². The molecule has 1 aliphatic heterocycles. The Hall–Kier alpha value is -2.95. The van der Waals surface area contributed by atoms with E-state index in [9.17, 15) is 4.79 Å². The van der Waals surface area contributed by atoms with E-state index >= 15 is 0 Å². The maximum atomic E-state index is 13.3. The molecule has 5 heteroatoms. The number of aromatic nitrogens is 3. The van der Waals surface area contributed by atoms with Gasteiger partial charge in [0.25, 0.3) is 0 Å². The van der Waals surface area contributed by atoms with Gasteiger partial charge < -0.3 is 4.90 Å². The number of hydrogen-bond donors (Lipinski definition) is 0. The van der Waals surface area contributed by atoms with Gasteiger partial charge in [0, 0.05) is 25.6 Å². The van der Waals surface area contributed by atoms with Crippen LogP contribution in [0.4, 0.5) is 0 Å². The van der Waals surface area contributed by atoms with Gasteiger partial charge in [-0.3, -0.25) is 9.36 Å². The van der Waals surface area contributed by atoms with Crippen LogP contribution >= 0.6 is 0 Å². The van der Waals surface area contributed by atoms with Crippen molar-refractivity contribution in [3.8, 4) is 11.4 Å². The van der Waals surface area contributed by atoms with E-state index in [1.165, 1.54) is 0 Å². The lowest BCUT2D eigenvalue weighted by Gasteiger charge is -2.25. The highest BCUT2D eigenvalue weighted by molar-refractivity contribution is 5.81. The third kappa shape index (κ3) is 3.63. The summed E-state index contributed by atoms with van der Waals surface area (Å²) in [6.45, 7) is 0.605. The van der Waals surface area contributed by atoms with Crippen LogP contribution < -0.4 is 0 Å². The SMILES string of the molecule is CN(Cc1ccccc1)C(=O)C1CCCCc2nnc(-c3ccccc3)n21. The molecule has 4 rings (SSSR count). The van der Waals surface area contributed by atoms with Crippen LogP contribution in [0.2, 0.25) is 0 Å². The van der Waals surface area contributed by atoms with E-state index in [-0.39, 0.29) is 11.9 Å². The van der Waals surface area contributed by atoms with Gasteiger partial charge in [-0.15, -0.1) is 10.2 Å². The van der Waals surface area contributed by atoms with Crippen molar-refractivity contribution in [2.45, 2.75) is 38.3 Å². The van der Waals surface area contributed by atoms with Crippen molar-refractivity contribution >= 4 is 5.91 Å². The van der Waals surface area contributed by atoms with Crippen LogP contribution in [0.1, 0.15) is 36.7 Å². The molecule has 0 N–H and O–H groups in total. The van der Waals surface area contributed by atoms with Crippen LogP contribution in [0.25, 0.3) is 11.4 Å². The molecule has 0 saturated heterocycles. The van der Waals surface area contributed by atoms with Crippen LogP contribution in [0.15, 0.2) is 60.7 Å². The second-order valence-corrected chi connectivity index (χ2v) is 7.12. The second-order valence-electron chi connectivity index (χ2n) is 7.12. The Kier molecular flexibility index (Phi) is 5.01. The standard InChI is InChI=1S/C22H24N4O/c1-25(16-17-10-4-2-5-11-17)22(27)19-14-8-9-15-20-23-24-21(26(19)20)18-12-6-3-7-13-18/h2-7,10-13,19H,8-9,14-16H2,1H3. The molecule has 138 valence electrons. The summed E-state index contributed by atoms with van der Waals surface area (Å²) in [5.74, 6) is 1.83. The highest BCUT2D eigenvalue weighted by Gasteiger charge is 2.30. The Morgan fingerprint density at radius 2 is 1.74 bits per heavy atom. The first kappa shape index (κ1) is 17.5. The summed E-state index contributed by atoms with van der Waals surface area (Å²) < 4.78 is 2.08. The van der Waals surface area contributed by atoms with Crippen molar-refractivity contribution in [1.29, 1.82) is 0 Å². The van der Waals surface area contributed by atoms with Crippen molar-refractivity contribution in [3.05, 3.63) is 72.1 Å². The molecule has 0 bridgehead atoms. The van der Waals surface area contributed by atoms with Gasteiger partial charge in [0.1, 0.15) is 11.9 Å². The van der Waals surface area contributed by atoms with Gasteiger partial charge >= 0.3 is 0 Å². The first-order chi connectivity index (χ1) is 13.2. The highest BCUT2D eigenvalue weighted by Crippen LogP contribution is 2.30. The number of amides is 1. The van der Waals surface area contributed by atoms with Crippen LogP contribution in [0, 0.1) is 0 Å². The molecule has 0 radical (unpaired) electrons. The fourth-order valence-electron chi connectivity index (χ4n) is 3.78. The number of carbonyl (C=O) groups is 1. The summed E-state index contributed by atoms with van der Waals surface area (Å²) in [7, 11) is 1.88. The normalized spacial score (nSPS) is 16.4. The molecule has 0 spiro atoms. The van der Waals surface area contributed by atoms with E-state index in [0.29, 0.717) is 6.54 Å². The van der Waals surface area contributed by atoms with Gasteiger partial charge in [-0.05, 0) is 18.4 Å². The lowest BCUT2D eigenvalue weighted by Crippen LogP contribution is -2.34. The first-order valence-corrected chi connectivity index (χ1v) is 9.52. The largest absolute Gasteiger partial charge is 0.340 e. The number of carbonyl (C=O) groups excluding carboxylic acids is 1. The highest BCUT2D eigenvalue weighted by atomic mass is 16.2. The van der Waals surface area contributed by atoms with Crippen molar-refractivity contribution in [2.24, 2.45) is 0 Å². The van der Waals surface area contributed by atoms with Gasteiger partial charge in [-0.25, -0.2) is 0 Å². The van der Waals surface area contributed by atoms with Gasteiger partial charge in [0.05, 0.1) is 0 Å². The van der Waals surface area contributed by atoms with E-state index < -0.39 is 0 Å². The molecule has 5 nitrogen and oxygen atoms in total. The van der Waals surface area contributed by atoms with E-state index in [1.807, 2.05) is 60.5 Å². The maximum absolute atomic E-state index is 13.3. The molecule has 0 fully saturated rings. The lowest BCUT2D eigenvalue weighted by molar-refractivity contribution is -0.134. The molecule has 1 unspecified atom stereocenters. The summed E-state index contributed by atoms with van der Waals surface area (Å²) in [5.41, 5.74) is 2.14. The Bertz CT molecular complexity index is 905. The molecule has 27 heavy (non-hydrogen) atoms. The quantitative estimate of drug-likeness (QED) is 0.710. The zero-order chi connectivity index (χ0) is 18.6. The number of fused-ring (bicyclic) bond motifs is 1. The smallest absolute Gasteiger partial charge is 0.245 e. The molecule has 3 aromatic rings. The van der Waals surface area contributed by atoms with E-state index in [4.69, 9.17) is 0 Å². The van der Waals surface area contributed by atoms with Crippen molar-refractivity contribution in [2.75, 3.05) is 7.05 Å². The number of nitrogens with zero attached hydrogens (tertiary/aromatic N) is 4. The molecule has 2 heterocycles. The second kappa shape index (κ2) is 7.74. The number of likely N-dealkylation sites (N-methyl/N-ethyl adjacent to an activating group) is 1. The average molecular weight is 360 g/mol. The van der Waals surface area contributed by atoms with Crippen LogP contribution in [-0.2, 0) is 17.8 Å². The van der Waals surface area contributed by atoms with Crippen molar-refractivity contribution in [1.82, 2.24) is 19.7 Å². The average Bonchev–Trinajstić information content (AvgIpc) is 3.01. The van der Waals surface area contributed by atoms with Crippen LogP contribution in [-0.4, -0.2) is 32.6 Å². The summed E-state index contributed by atoms with van der Waals surface area (Å²) in [5, 5.41) is 8.84. The first-order valence-electron chi connectivity index (χ1n) is 9.52.